The molecule has 1 aliphatic heterocycles. The molecule has 1 aliphatic rings. The third-order valence-electron chi connectivity index (χ3n) is 1.09. The molecule has 1 saturated heterocycles. The summed E-state index contributed by atoms with van der Waals surface area (Å²) >= 11 is 16.9. The highest BCUT2D eigenvalue weighted by Gasteiger charge is 2.46. The molecule has 0 saturated carbocycles. The van der Waals surface area contributed by atoms with E-state index >= 15 is 0 Å². The minimum Gasteiger partial charge on any atom is -0.287 e. The summed E-state index contributed by atoms with van der Waals surface area (Å²) in [5.41, 5.74) is 16.2. The molecule has 0 atom stereocenters. The van der Waals surface area contributed by atoms with Crippen molar-refractivity contribution in [1.82, 2.24) is 16.0 Å². The quantitative estimate of drug-likeness (QED) is 0.218. The Balaban J connectivity index is 2.81. The molecule has 72 valence electrons. The standard InChI is InChI=1S/C3H9Cl3N6/c4-1(7)10-2(5,8)12-3(6,9)11-1/h10-12H,7-9H2. The largest absolute Gasteiger partial charge is 0.287 e. The van der Waals surface area contributed by atoms with Crippen molar-refractivity contribution >= 4 is 34.8 Å². The van der Waals surface area contributed by atoms with Gasteiger partial charge in [0, 0.05) is 0 Å². The highest BCUT2D eigenvalue weighted by Crippen LogP contribution is 2.18. The van der Waals surface area contributed by atoms with Gasteiger partial charge < -0.3 is 0 Å². The topological polar surface area (TPSA) is 114 Å². The van der Waals surface area contributed by atoms with E-state index in [1.54, 1.807) is 0 Å². The molecule has 0 aromatic rings. The van der Waals surface area contributed by atoms with Gasteiger partial charge in [-0.2, -0.15) is 0 Å². The second-order valence-electron chi connectivity index (χ2n) is 2.51. The summed E-state index contributed by atoms with van der Waals surface area (Å²) in [4.78, 5) is 0. The van der Waals surface area contributed by atoms with Crippen LogP contribution in [0, 0.1) is 0 Å². The Labute approximate surface area is 84.0 Å². The molecule has 1 heterocycles. The maximum Gasteiger partial charge on any atom is 0.207 e. The Morgan fingerprint density at radius 2 is 0.833 bits per heavy atom. The lowest BCUT2D eigenvalue weighted by molar-refractivity contribution is 0.132. The van der Waals surface area contributed by atoms with Crippen molar-refractivity contribution in [3.8, 4) is 0 Å². The average molecular weight is 236 g/mol. The Morgan fingerprint density at radius 1 is 0.667 bits per heavy atom. The lowest BCUT2D eigenvalue weighted by Gasteiger charge is -2.46. The fourth-order valence-electron chi connectivity index (χ4n) is 0.888. The zero-order valence-electron chi connectivity index (χ0n) is 5.87. The van der Waals surface area contributed by atoms with Crippen LogP contribution in [0.15, 0.2) is 0 Å². The fraction of sp³-hybridized carbons (Fsp3) is 1.00. The number of rotatable bonds is 0. The number of hydrogen-bond acceptors (Lipinski definition) is 6. The van der Waals surface area contributed by atoms with E-state index in [-0.39, 0.29) is 0 Å². The molecule has 0 spiro atoms. The summed E-state index contributed by atoms with van der Waals surface area (Å²) in [6.45, 7) is 0. The van der Waals surface area contributed by atoms with E-state index in [0.29, 0.717) is 0 Å². The van der Waals surface area contributed by atoms with Crippen LogP contribution in [-0.2, 0) is 0 Å². The van der Waals surface area contributed by atoms with E-state index in [0.717, 1.165) is 0 Å². The van der Waals surface area contributed by atoms with Crippen LogP contribution in [0.25, 0.3) is 0 Å². The van der Waals surface area contributed by atoms with Crippen LogP contribution in [0.4, 0.5) is 0 Å². The van der Waals surface area contributed by atoms with Gasteiger partial charge in [0.05, 0.1) is 0 Å². The second-order valence-corrected chi connectivity index (χ2v) is 4.30. The molecule has 1 rings (SSSR count). The average Bonchev–Trinajstić information content (AvgIpc) is 1.44. The summed E-state index contributed by atoms with van der Waals surface area (Å²) in [6.07, 6.45) is 0. The maximum absolute atomic E-state index is 5.63. The van der Waals surface area contributed by atoms with E-state index in [9.17, 15) is 0 Å². The van der Waals surface area contributed by atoms with Crippen LogP contribution in [0.3, 0.4) is 0 Å². The van der Waals surface area contributed by atoms with Gasteiger partial charge >= 0.3 is 0 Å². The zero-order chi connectivity index (χ0) is 9.62. The normalized spacial score (nSPS) is 55.5. The lowest BCUT2D eigenvalue weighted by Crippen LogP contribution is -2.87. The molecule has 0 unspecified atom stereocenters. The van der Waals surface area contributed by atoms with Crippen LogP contribution >= 0.6 is 34.8 Å². The summed E-state index contributed by atoms with van der Waals surface area (Å²) < 4.78 is 0. The molecule has 1 fully saturated rings. The van der Waals surface area contributed by atoms with E-state index in [1.807, 2.05) is 0 Å². The second kappa shape index (κ2) is 2.81. The van der Waals surface area contributed by atoms with Gasteiger partial charge in [-0.3, -0.25) is 17.2 Å². The molecule has 0 bridgehead atoms. The number of halogens is 3. The third kappa shape index (κ3) is 2.84. The van der Waals surface area contributed by atoms with Crippen molar-refractivity contribution in [3.63, 3.8) is 0 Å². The Kier molecular flexibility index (Phi) is 2.51. The van der Waals surface area contributed by atoms with Crippen molar-refractivity contribution in [2.45, 2.75) is 15.7 Å². The highest BCUT2D eigenvalue weighted by molar-refractivity contribution is 6.29. The van der Waals surface area contributed by atoms with Crippen LogP contribution in [0.5, 0.6) is 0 Å². The van der Waals surface area contributed by atoms with Gasteiger partial charge in [-0.15, -0.1) is 0 Å². The molecule has 9 N–H and O–H groups in total. The Morgan fingerprint density at radius 3 is 1.00 bits per heavy atom. The molecule has 0 aromatic carbocycles. The first-order chi connectivity index (χ1) is 5.12. The minimum atomic E-state index is -1.56. The van der Waals surface area contributed by atoms with Crippen LogP contribution in [-0.4, -0.2) is 15.7 Å². The van der Waals surface area contributed by atoms with Gasteiger partial charge in [-0.25, -0.2) is 16.0 Å². The summed E-state index contributed by atoms with van der Waals surface area (Å²) in [6, 6.07) is 0. The van der Waals surface area contributed by atoms with E-state index < -0.39 is 15.7 Å². The van der Waals surface area contributed by atoms with E-state index in [1.165, 1.54) is 0 Å². The smallest absolute Gasteiger partial charge is 0.207 e. The molecular weight excluding hydrogens is 226 g/mol. The first-order valence-corrected chi connectivity index (χ1v) is 4.07. The Bertz CT molecular complexity index is 145. The monoisotopic (exact) mass is 234 g/mol. The molecule has 0 amide bonds. The number of nitrogens with two attached hydrogens (primary N) is 3. The molecule has 9 heteroatoms. The Hall–Kier alpha value is 0.630. The SMILES string of the molecule is NC1(Cl)NC(N)(Cl)NC(N)(Cl)N1. The number of hydrogen-bond donors (Lipinski definition) is 6. The minimum absolute atomic E-state index is 1.56. The van der Waals surface area contributed by atoms with Crippen molar-refractivity contribution in [3.05, 3.63) is 0 Å². The highest BCUT2D eigenvalue weighted by atomic mass is 35.5. The van der Waals surface area contributed by atoms with Crippen molar-refractivity contribution < 1.29 is 0 Å². The third-order valence-corrected chi connectivity index (χ3v) is 1.66. The van der Waals surface area contributed by atoms with Crippen molar-refractivity contribution in [2.24, 2.45) is 17.2 Å². The molecule has 0 aliphatic carbocycles. The molecule has 0 aromatic heterocycles. The van der Waals surface area contributed by atoms with Crippen molar-refractivity contribution in [2.75, 3.05) is 0 Å². The van der Waals surface area contributed by atoms with Gasteiger partial charge in [-0.1, -0.05) is 34.8 Å². The first kappa shape index (κ1) is 10.7. The predicted octanol–water partition coefficient (Wildman–Crippen LogP) is -1.80. The van der Waals surface area contributed by atoms with E-state index in [2.05, 4.69) is 16.0 Å². The van der Waals surface area contributed by atoms with Crippen molar-refractivity contribution in [1.29, 1.82) is 0 Å². The number of nitrogens with one attached hydrogen (secondary N) is 3. The fourth-order valence-corrected chi connectivity index (χ4v) is 1.93. The van der Waals surface area contributed by atoms with Gasteiger partial charge in [0.15, 0.2) is 0 Å². The van der Waals surface area contributed by atoms with Gasteiger partial charge in [0.1, 0.15) is 0 Å². The van der Waals surface area contributed by atoms with Gasteiger partial charge in [0.25, 0.3) is 0 Å². The van der Waals surface area contributed by atoms with Crippen LogP contribution < -0.4 is 33.2 Å². The summed E-state index contributed by atoms with van der Waals surface area (Å²) in [5, 5.41) is 2.49. The van der Waals surface area contributed by atoms with Crippen LogP contribution in [0.1, 0.15) is 0 Å². The predicted molar refractivity (Wildman–Crippen MR) is 47.7 cm³/mol. The van der Waals surface area contributed by atoms with Gasteiger partial charge in [0.2, 0.25) is 15.7 Å². The summed E-state index contributed by atoms with van der Waals surface area (Å²) in [5.74, 6) is 0. The van der Waals surface area contributed by atoms with Crippen LogP contribution in [0.2, 0.25) is 0 Å². The maximum atomic E-state index is 5.63. The number of alkyl halides is 3. The molecule has 6 nitrogen and oxygen atoms in total. The lowest BCUT2D eigenvalue weighted by atomic mass is 10.5. The van der Waals surface area contributed by atoms with Gasteiger partial charge in [-0.05, 0) is 0 Å². The first-order valence-electron chi connectivity index (χ1n) is 2.93. The summed E-state index contributed by atoms with van der Waals surface area (Å²) in [7, 11) is 0. The molecular formula is C3H9Cl3N6. The molecule has 12 heavy (non-hydrogen) atoms. The van der Waals surface area contributed by atoms with E-state index in [4.69, 9.17) is 52.0 Å². The molecule has 0 radical (unpaired) electrons. The zero-order valence-corrected chi connectivity index (χ0v) is 8.13.